The molecule has 0 aliphatic carbocycles. The van der Waals surface area contributed by atoms with Crippen molar-refractivity contribution in [2.75, 3.05) is 20.6 Å². The van der Waals surface area contributed by atoms with E-state index in [1.54, 1.807) is 14.1 Å². The fourth-order valence-electron chi connectivity index (χ4n) is 1.89. The maximum atomic E-state index is 13.4. The smallest absolute Gasteiger partial charge is 0.343 e. The Morgan fingerprint density at radius 3 is 2.71 bits per heavy atom. The topological polar surface area (TPSA) is 49.7 Å². The molecule has 2 unspecified atom stereocenters. The number of carbonyl (C=O) groups is 2. The van der Waals surface area contributed by atoms with Gasteiger partial charge in [0.1, 0.15) is 5.71 Å². The molecule has 2 rings (SSSR count). The Labute approximate surface area is 103 Å². The minimum Gasteiger partial charge on any atom is -0.343 e. The van der Waals surface area contributed by atoms with Gasteiger partial charge < -0.3 is 4.90 Å². The van der Waals surface area contributed by atoms with Crippen LogP contribution in [0.25, 0.3) is 0 Å². The van der Waals surface area contributed by atoms with Crippen LogP contribution < -0.4 is 0 Å². The number of allylic oxidation sites excluding steroid dienone is 1. The summed E-state index contributed by atoms with van der Waals surface area (Å²) in [6.45, 7) is 1.68. The molecule has 0 bridgehead atoms. The van der Waals surface area contributed by atoms with Crippen molar-refractivity contribution in [1.82, 2.24) is 4.90 Å². The van der Waals surface area contributed by atoms with E-state index in [4.69, 9.17) is 11.6 Å². The van der Waals surface area contributed by atoms with Gasteiger partial charge in [0.25, 0.3) is 11.9 Å². The molecule has 0 aromatic heterocycles. The lowest BCUT2D eigenvalue weighted by atomic mass is 10.3. The Bertz CT molecular complexity index is 486. The highest BCUT2D eigenvalue weighted by atomic mass is 35.5. The van der Waals surface area contributed by atoms with Gasteiger partial charge in [0.2, 0.25) is 0 Å². The quantitative estimate of drug-likeness (QED) is 0.512. The van der Waals surface area contributed by atoms with Crippen LogP contribution in [0.1, 0.15) is 6.92 Å². The molecule has 1 spiro atoms. The summed E-state index contributed by atoms with van der Waals surface area (Å²) in [5.41, 5.74) is 0.0589. The first-order chi connectivity index (χ1) is 7.81. The number of nitrogens with zero attached hydrogens (tertiary/aromatic N) is 3. The summed E-state index contributed by atoms with van der Waals surface area (Å²) >= 11 is 5.62. The summed E-state index contributed by atoms with van der Waals surface area (Å²) in [4.78, 5) is 25.0. The second kappa shape index (κ2) is 3.61. The van der Waals surface area contributed by atoms with Crippen molar-refractivity contribution in [3.05, 3.63) is 10.9 Å². The van der Waals surface area contributed by atoms with Crippen molar-refractivity contribution in [3.63, 3.8) is 0 Å². The first-order valence-electron chi connectivity index (χ1n) is 5.07. The van der Waals surface area contributed by atoms with E-state index in [-0.39, 0.29) is 18.2 Å². The lowest BCUT2D eigenvalue weighted by Gasteiger charge is -2.17. The molecule has 0 aromatic carbocycles. The van der Waals surface area contributed by atoms with Crippen LogP contribution in [0.3, 0.4) is 0 Å². The first-order valence-corrected chi connectivity index (χ1v) is 5.45. The summed E-state index contributed by atoms with van der Waals surface area (Å²) in [5, 5.41) is 3.50. The molecule has 92 valence electrons. The zero-order valence-corrected chi connectivity index (χ0v) is 10.5. The summed E-state index contributed by atoms with van der Waals surface area (Å²) in [5.74, 6) is -1.65. The molecule has 0 radical (unpaired) electrons. The van der Waals surface area contributed by atoms with E-state index in [0.29, 0.717) is 0 Å². The number of hydrogen-bond donors (Lipinski definition) is 0. The van der Waals surface area contributed by atoms with E-state index in [0.717, 1.165) is 0 Å². The standard InChI is InChI=1S/C10H12ClFN3O2/c1-5-8(12)7(11)10(17)15(13-5)4-6(15)9(16)14(2)3/h6H,4H2,1-3H3/q+1. The van der Waals surface area contributed by atoms with Gasteiger partial charge in [-0.1, -0.05) is 16.7 Å². The summed E-state index contributed by atoms with van der Waals surface area (Å²) < 4.78 is 12.9. The maximum absolute atomic E-state index is 13.4. The van der Waals surface area contributed by atoms with Crippen molar-refractivity contribution in [3.8, 4) is 0 Å². The second-order valence-corrected chi connectivity index (χ2v) is 4.75. The van der Waals surface area contributed by atoms with Gasteiger partial charge in [-0.25, -0.2) is 9.18 Å². The molecule has 0 N–H and O–H groups in total. The van der Waals surface area contributed by atoms with Crippen molar-refractivity contribution in [1.29, 1.82) is 0 Å². The van der Waals surface area contributed by atoms with Gasteiger partial charge in [-0.15, -0.1) is 4.59 Å². The maximum Gasteiger partial charge on any atom is 0.387 e. The van der Waals surface area contributed by atoms with Crippen LogP contribution >= 0.6 is 11.6 Å². The molecule has 1 saturated heterocycles. The highest BCUT2D eigenvalue weighted by Gasteiger charge is 2.69. The van der Waals surface area contributed by atoms with Crippen LogP contribution in [-0.2, 0) is 9.59 Å². The Balaban J connectivity index is 2.34. The summed E-state index contributed by atoms with van der Waals surface area (Å²) in [6, 6.07) is -0.575. The zero-order chi connectivity index (χ0) is 13.0. The van der Waals surface area contributed by atoms with Gasteiger partial charge in [0, 0.05) is 14.1 Å². The molecular weight excluding hydrogens is 249 g/mol. The van der Waals surface area contributed by atoms with Gasteiger partial charge in [-0.3, -0.25) is 4.79 Å². The monoisotopic (exact) mass is 260 g/mol. The number of likely N-dealkylation sites (N-methyl/N-ethyl adjacent to an activating group) is 1. The second-order valence-electron chi connectivity index (χ2n) is 4.38. The van der Waals surface area contributed by atoms with Crippen molar-refractivity contribution in [2.45, 2.75) is 13.0 Å². The number of quaternary nitrogens is 1. The third-order valence-electron chi connectivity index (χ3n) is 2.94. The normalized spacial score (nSPS) is 31.7. The van der Waals surface area contributed by atoms with E-state index in [2.05, 4.69) is 5.10 Å². The molecule has 2 heterocycles. The number of halogens is 2. The fraction of sp³-hybridized carbons (Fsp3) is 0.500. The van der Waals surface area contributed by atoms with Gasteiger partial charge in [0.05, 0.1) is 0 Å². The first kappa shape index (κ1) is 12.2. The highest BCUT2D eigenvalue weighted by molar-refractivity contribution is 6.43. The molecule has 0 saturated carbocycles. The Morgan fingerprint density at radius 2 is 2.18 bits per heavy atom. The van der Waals surface area contributed by atoms with Gasteiger partial charge in [0.15, 0.2) is 17.4 Å². The van der Waals surface area contributed by atoms with Gasteiger partial charge in [-0.05, 0) is 6.92 Å². The van der Waals surface area contributed by atoms with Crippen LogP contribution in [0.15, 0.2) is 16.0 Å². The van der Waals surface area contributed by atoms with Crippen molar-refractivity contribution in [2.24, 2.45) is 5.10 Å². The van der Waals surface area contributed by atoms with Crippen LogP contribution in [0.4, 0.5) is 4.39 Å². The predicted octanol–water partition coefficient (Wildman–Crippen LogP) is 0.610. The average Bonchev–Trinajstić information content (AvgIpc) is 2.98. The third-order valence-corrected chi connectivity index (χ3v) is 3.26. The molecule has 1 fully saturated rings. The van der Waals surface area contributed by atoms with Gasteiger partial charge in [-0.2, -0.15) is 0 Å². The lowest BCUT2D eigenvalue weighted by Crippen LogP contribution is -2.41. The summed E-state index contributed by atoms with van der Waals surface area (Å²) in [6.07, 6.45) is 0. The Kier molecular flexibility index (Phi) is 2.59. The van der Waals surface area contributed by atoms with E-state index in [9.17, 15) is 14.0 Å². The molecule has 17 heavy (non-hydrogen) atoms. The van der Waals surface area contributed by atoms with Gasteiger partial charge >= 0.3 is 5.91 Å². The third kappa shape index (κ3) is 1.59. The lowest BCUT2D eigenvalue weighted by molar-refractivity contribution is -0.733. The minimum absolute atomic E-state index is 0.0589. The average molecular weight is 261 g/mol. The summed E-state index contributed by atoms with van der Waals surface area (Å²) in [7, 11) is 3.19. The van der Waals surface area contributed by atoms with E-state index in [1.807, 2.05) is 0 Å². The molecular formula is C10H12ClFN3O2+. The Morgan fingerprint density at radius 1 is 1.59 bits per heavy atom. The zero-order valence-electron chi connectivity index (χ0n) is 9.70. The minimum atomic E-state index is -0.802. The number of amides is 2. The fourth-order valence-corrected chi connectivity index (χ4v) is 2.17. The van der Waals surface area contributed by atoms with Crippen molar-refractivity contribution >= 4 is 29.1 Å². The van der Waals surface area contributed by atoms with E-state index < -0.39 is 27.4 Å². The molecule has 7 heteroatoms. The number of carbonyl (C=O) groups excluding carboxylic acids is 2. The van der Waals surface area contributed by atoms with Crippen LogP contribution in [0.2, 0.25) is 0 Å². The highest BCUT2D eigenvalue weighted by Crippen LogP contribution is 2.40. The largest absolute Gasteiger partial charge is 0.387 e. The van der Waals surface area contributed by atoms with E-state index >= 15 is 0 Å². The van der Waals surface area contributed by atoms with Crippen LogP contribution in [0, 0.1) is 0 Å². The molecule has 2 amide bonds. The molecule has 5 nitrogen and oxygen atoms in total. The molecule has 2 aliphatic rings. The molecule has 0 aromatic rings. The predicted molar refractivity (Wildman–Crippen MR) is 59.7 cm³/mol. The van der Waals surface area contributed by atoms with Crippen LogP contribution in [0.5, 0.6) is 0 Å². The van der Waals surface area contributed by atoms with Crippen LogP contribution in [-0.4, -0.2) is 53.7 Å². The molecule has 2 aliphatic heterocycles. The van der Waals surface area contributed by atoms with Crippen molar-refractivity contribution < 1.29 is 18.6 Å². The van der Waals surface area contributed by atoms with E-state index in [1.165, 1.54) is 11.8 Å². The number of hydrogen-bond acceptors (Lipinski definition) is 3. The molecule has 2 atom stereocenters. The Hall–Kier alpha value is -1.27. The number of rotatable bonds is 1. The SMILES string of the molecule is CC1=N[N+]2(CC2C(=O)N(C)C)C(=O)C(Cl)=C1F.